The van der Waals surface area contributed by atoms with E-state index in [0.29, 0.717) is 11.6 Å². The molecular weight excluding hydrogens is 166 g/mol. The first kappa shape index (κ1) is 8.44. The zero-order valence-electron chi connectivity index (χ0n) is 7.66. The Kier molecular flexibility index (Phi) is 2.14. The minimum Gasteiger partial charge on any atom is -0.316 e. The van der Waals surface area contributed by atoms with Crippen molar-refractivity contribution in [3.63, 3.8) is 0 Å². The maximum Gasteiger partial charge on any atom is 0.168 e. The molecule has 1 unspecified atom stereocenters. The zero-order valence-corrected chi connectivity index (χ0v) is 7.66. The molecular formula is C9H13N3O. The van der Waals surface area contributed by atoms with Crippen LogP contribution in [0.3, 0.4) is 0 Å². The fourth-order valence-electron chi connectivity index (χ4n) is 1.72. The molecule has 0 spiro atoms. The van der Waals surface area contributed by atoms with E-state index in [4.69, 9.17) is 0 Å². The lowest BCUT2D eigenvalue weighted by atomic mass is 10.1. The zero-order chi connectivity index (χ0) is 9.26. The van der Waals surface area contributed by atoms with Crippen molar-refractivity contribution in [2.75, 3.05) is 13.1 Å². The average molecular weight is 179 g/mol. The van der Waals surface area contributed by atoms with Gasteiger partial charge in [0.2, 0.25) is 0 Å². The van der Waals surface area contributed by atoms with E-state index >= 15 is 0 Å². The Labute approximate surface area is 76.9 Å². The Morgan fingerprint density at radius 3 is 3.15 bits per heavy atom. The maximum absolute atomic E-state index is 10.6. The SMILES string of the molecule is Cn1nc(C2CCNC2)cc1C=O. The molecule has 1 atom stereocenters. The van der Waals surface area contributed by atoms with Gasteiger partial charge in [-0.2, -0.15) is 5.10 Å². The van der Waals surface area contributed by atoms with Crippen LogP contribution in [0.15, 0.2) is 6.07 Å². The number of carbonyl (C=O) groups is 1. The van der Waals surface area contributed by atoms with Crippen molar-refractivity contribution in [1.82, 2.24) is 15.1 Å². The minimum absolute atomic E-state index is 0.486. The predicted molar refractivity (Wildman–Crippen MR) is 48.8 cm³/mol. The maximum atomic E-state index is 10.6. The number of aromatic nitrogens is 2. The standard InChI is InChI=1S/C9H13N3O/c1-12-8(6-13)4-9(11-12)7-2-3-10-5-7/h4,6-7,10H,2-3,5H2,1H3. The molecule has 1 fully saturated rings. The fraction of sp³-hybridized carbons (Fsp3) is 0.556. The third-order valence-corrected chi connectivity index (χ3v) is 2.53. The number of nitrogens with one attached hydrogen (secondary N) is 1. The lowest BCUT2D eigenvalue weighted by molar-refractivity contribution is 0.111. The van der Waals surface area contributed by atoms with E-state index in [0.717, 1.165) is 31.5 Å². The van der Waals surface area contributed by atoms with E-state index < -0.39 is 0 Å². The number of carbonyl (C=O) groups excluding carboxylic acids is 1. The highest BCUT2D eigenvalue weighted by atomic mass is 16.1. The van der Waals surface area contributed by atoms with E-state index in [1.165, 1.54) is 0 Å². The number of hydrogen-bond donors (Lipinski definition) is 1. The first-order valence-corrected chi connectivity index (χ1v) is 4.51. The first-order valence-electron chi connectivity index (χ1n) is 4.51. The Balaban J connectivity index is 2.24. The number of aldehydes is 1. The fourth-order valence-corrected chi connectivity index (χ4v) is 1.72. The Morgan fingerprint density at radius 2 is 2.62 bits per heavy atom. The van der Waals surface area contributed by atoms with Crippen LogP contribution in [0.4, 0.5) is 0 Å². The highest BCUT2D eigenvalue weighted by Gasteiger charge is 2.19. The van der Waals surface area contributed by atoms with Crippen LogP contribution in [-0.4, -0.2) is 29.2 Å². The molecule has 0 aliphatic carbocycles. The van der Waals surface area contributed by atoms with Crippen LogP contribution < -0.4 is 5.32 Å². The van der Waals surface area contributed by atoms with Crippen LogP contribution in [0.25, 0.3) is 0 Å². The van der Waals surface area contributed by atoms with Gasteiger partial charge in [-0.15, -0.1) is 0 Å². The molecule has 1 aromatic rings. The van der Waals surface area contributed by atoms with Crippen LogP contribution in [0.1, 0.15) is 28.5 Å². The topological polar surface area (TPSA) is 46.9 Å². The molecule has 0 radical (unpaired) electrons. The van der Waals surface area contributed by atoms with Crippen LogP contribution in [-0.2, 0) is 7.05 Å². The largest absolute Gasteiger partial charge is 0.316 e. The van der Waals surface area contributed by atoms with Gasteiger partial charge in [0, 0.05) is 19.5 Å². The molecule has 0 bridgehead atoms. The summed E-state index contributed by atoms with van der Waals surface area (Å²) in [5.41, 5.74) is 1.69. The van der Waals surface area contributed by atoms with Gasteiger partial charge in [-0.1, -0.05) is 0 Å². The molecule has 1 aromatic heterocycles. The molecule has 0 amide bonds. The highest BCUT2D eigenvalue weighted by molar-refractivity contribution is 5.72. The number of hydrogen-bond acceptors (Lipinski definition) is 3. The third kappa shape index (κ3) is 1.49. The second kappa shape index (κ2) is 3.30. The third-order valence-electron chi connectivity index (χ3n) is 2.53. The normalized spacial score (nSPS) is 22.1. The summed E-state index contributed by atoms with van der Waals surface area (Å²) < 4.78 is 1.64. The molecule has 0 aromatic carbocycles. The van der Waals surface area contributed by atoms with Gasteiger partial charge in [0.25, 0.3) is 0 Å². The molecule has 1 aliphatic heterocycles. The molecule has 4 heteroatoms. The Hall–Kier alpha value is -1.16. The Bertz CT molecular complexity index is 313. The van der Waals surface area contributed by atoms with Crippen molar-refractivity contribution in [3.05, 3.63) is 17.5 Å². The average Bonchev–Trinajstić information content (AvgIpc) is 2.71. The van der Waals surface area contributed by atoms with E-state index in [2.05, 4.69) is 10.4 Å². The molecule has 70 valence electrons. The summed E-state index contributed by atoms with van der Waals surface area (Å²) >= 11 is 0. The summed E-state index contributed by atoms with van der Waals surface area (Å²) in [5, 5.41) is 7.59. The second-order valence-corrected chi connectivity index (χ2v) is 3.43. The van der Waals surface area contributed by atoms with Gasteiger partial charge in [-0.05, 0) is 19.0 Å². The molecule has 1 N–H and O–H groups in total. The second-order valence-electron chi connectivity index (χ2n) is 3.43. The smallest absolute Gasteiger partial charge is 0.168 e. The van der Waals surface area contributed by atoms with Crippen molar-refractivity contribution in [2.45, 2.75) is 12.3 Å². The van der Waals surface area contributed by atoms with E-state index in [1.54, 1.807) is 11.7 Å². The Morgan fingerprint density at radius 1 is 1.77 bits per heavy atom. The van der Waals surface area contributed by atoms with Crippen molar-refractivity contribution in [3.8, 4) is 0 Å². The molecule has 13 heavy (non-hydrogen) atoms. The van der Waals surface area contributed by atoms with Crippen LogP contribution in [0, 0.1) is 0 Å². The minimum atomic E-state index is 0.486. The highest BCUT2D eigenvalue weighted by Crippen LogP contribution is 2.20. The molecule has 4 nitrogen and oxygen atoms in total. The van der Waals surface area contributed by atoms with Gasteiger partial charge < -0.3 is 5.32 Å². The quantitative estimate of drug-likeness (QED) is 0.665. The molecule has 2 heterocycles. The monoisotopic (exact) mass is 179 g/mol. The predicted octanol–water partition coefficient (Wildman–Crippen LogP) is 0.309. The van der Waals surface area contributed by atoms with Gasteiger partial charge in [0.15, 0.2) is 6.29 Å². The van der Waals surface area contributed by atoms with Crippen molar-refractivity contribution < 1.29 is 4.79 Å². The van der Waals surface area contributed by atoms with E-state index in [9.17, 15) is 4.79 Å². The summed E-state index contributed by atoms with van der Waals surface area (Å²) in [6, 6.07) is 1.88. The first-order chi connectivity index (χ1) is 6.31. The van der Waals surface area contributed by atoms with E-state index in [-0.39, 0.29) is 0 Å². The molecule has 1 saturated heterocycles. The molecule has 1 aliphatic rings. The lowest BCUT2D eigenvalue weighted by Crippen LogP contribution is -2.08. The van der Waals surface area contributed by atoms with Crippen molar-refractivity contribution in [2.24, 2.45) is 7.05 Å². The van der Waals surface area contributed by atoms with Gasteiger partial charge in [0.1, 0.15) is 5.69 Å². The van der Waals surface area contributed by atoms with Gasteiger partial charge >= 0.3 is 0 Å². The lowest BCUT2D eigenvalue weighted by Gasteiger charge is -2.01. The summed E-state index contributed by atoms with van der Waals surface area (Å²) in [6.45, 7) is 2.03. The van der Waals surface area contributed by atoms with Crippen molar-refractivity contribution >= 4 is 6.29 Å². The molecule has 2 rings (SSSR count). The van der Waals surface area contributed by atoms with Crippen LogP contribution in [0.5, 0.6) is 0 Å². The van der Waals surface area contributed by atoms with Crippen LogP contribution >= 0.6 is 0 Å². The summed E-state index contributed by atoms with van der Waals surface area (Å²) in [6.07, 6.45) is 1.97. The van der Waals surface area contributed by atoms with E-state index in [1.807, 2.05) is 6.07 Å². The number of rotatable bonds is 2. The van der Waals surface area contributed by atoms with Gasteiger partial charge in [-0.25, -0.2) is 0 Å². The van der Waals surface area contributed by atoms with Crippen LogP contribution in [0.2, 0.25) is 0 Å². The number of nitrogens with zero attached hydrogens (tertiary/aromatic N) is 2. The van der Waals surface area contributed by atoms with Crippen molar-refractivity contribution in [1.29, 1.82) is 0 Å². The van der Waals surface area contributed by atoms with Gasteiger partial charge in [-0.3, -0.25) is 9.48 Å². The summed E-state index contributed by atoms with van der Waals surface area (Å²) in [4.78, 5) is 10.6. The van der Waals surface area contributed by atoms with Gasteiger partial charge in [0.05, 0.1) is 5.69 Å². The number of aryl methyl sites for hydroxylation is 1. The summed E-state index contributed by atoms with van der Waals surface area (Å²) in [7, 11) is 1.80. The molecule has 0 saturated carbocycles. The summed E-state index contributed by atoms with van der Waals surface area (Å²) in [5.74, 6) is 0.486.